The second-order valence-electron chi connectivity index (χ2n) is 5.52. The van der Waals surface area contributed by atoms with Crippen LogP contribution in [-0.2, 0) is 6.54 Å². The Morgan fingerprint density at radius 2 is 1.73 bits per heavy atom. The van der Waals surface area contributed by atoms with E-state index in [4.69, 9.17) is 11.6 Å². The molecule has 26 heavy (non-hydrogen) atoms. The molecule has 0 radical (unpaired) electrons. The van der Waals surface area contributed by atoms with Crippen molar-refractivity contribution in [3.05, 3.63) is 64.7 Å². The molecule has 0 aliphatic rings. The van der Waals surface area contributed by atoms with Gasteiger partial charge in [0.25, 0.3) is 5.91 Å². The van der Waals surface area contributed by atoms with Gasteiger partial charge in [0.15, 0.2) is 5.96 Å². The van der Waals surface area contributed by atoms with Crippen LogP contribution in [0.3, 0.4) is 0 Å². The summed E-state index contributed by atoms with van der Waals surface area (Å²) < 4.78 is 0. The molecule has 1 amide bonds. The molecule has 6 nitrogen and oxygen atoms in total. The number of phenolic OH excluding ortho intramolecular Hbond substituents is 1. The molecule has 138 valence electrons. The minimum absolute atomic E-state index is 0.133. The Morgan fingerprint density at radius 3 is 2.42 bits per heavy atom. The molecule has 7 heteroatoms. The molecular weight excluding hydrogens is 352 g/mol. The summed E-state index contributed by atoms with van der Waals surface area (Å²) in [5, 5.41) is 19.1. The summed E-state index contributed by atoms with van der Waals surface area (Å²) in [6.45, 7) is 4.15. The Morgan fingerprint density at radius 1 is 1.04 bits per heavy atom. The zero-order chi connectivity index (χ0) is 18.8. The third kappa shape index (κ3) is 6.29. The Hall–Kier alpha value is -2.73. The van der Waals surface area contributed by atoms with E-state index in [1.807, 2.05) is 31.2 Å². The van der Waals surface area contributed by atoms with Crippen molar-refractivity contribution in [2.45, 2.75) is 13.5 Å². The topological polar surface area (TPSA) is 85.8 Å². The van der Waals surface area contributed by atoms with Gasteiger partial charge in [-0.15, -0.1) is 0 Å². The molecule has 0 aliphatic carbocycles. The predicted octanol–water partition coefficient (Wildman–Crippen LogP) is 2.53. The third-order valence-electron chi connectivity index (χ3n) is 3.54. The molecule has 0 heterocycles. The largest absolute Gasteiger partial charge is 0.508 e. The number of benzene rings is 2. The number of carbonyl (C=O) groups excluding carboxylic acids is 1. The van der Waals surface area contributed by atoms with E-state index in [9.17, 15) is 9.90 Å². The van der Waals surface area contributed by atoms with Gasteiger partial charge in [0.05, 0.1) is 6.54 Å². The van der Waals surface area contributed by atoms with Crippen molar-refractivity contribution in [3.8, 4) is 5.75 Å². The number of phenols is 1. The van der Waals surface area contributed by atoms with E-state index in [-0.39, 0.29) is 11.7 Å². The molecular formula is C19H23ClN4O2. The predicted molar refractivity (Wildman–Crippen MR) is 105 cm³/mol. The van der Waals surface area contributed by atoms with Crippen molar-refractivity contribution in [2.24, 2.45) is 4.99 Å². The summed E-state index contributed by atoms with van der Waals surface area (Å²) in [6, 6.07) is 13.7. The zero-order valence-electron chi connectivity index (χ0n) is 14.6. The summed E-state index contributed by atoms with van der Waals surface area (Å²) in [5.74, 6) is 0.601. The summed E-state index contributed by atoms with van der Waals surface area (Å²) in [7, 11) is 0. The van der Waals surface area contributed by atoms with E-state index >= 15 is 0 Å². The fourth-order valence-corrected chi connectivity index (χ4v) is 2.40. The van der Waals surface area contributed by atoms with Gasteiger partial charge in [-0.2, -0.15) is 0 Å². The van der Waals surface area contributed by atoms with Crippen LogP contribution in [0.5, 0.6) is 5.75 Å². The average molecular weight is 375 g/mol. The smallest absolute Gasteiger partial charge is 0.251 e. The van der Waals surface area contributed by atoms with Gasteiger partial charge in [0.2, 0.25) is 0 Å². The van der Waals surface area contributed by atoms with E-state index in [1.165, 1.54) is 12.1 Å². The normalized spacial score (nSPS) is 11.1. The number of hydrogen-bond donors (Lipinski definition) is 4. The van der Waals surface area contributed by atoms with Gasteiger partial charge in [-0.25, -0.2) is 4.99 Å². The van der Waals surface area contributed by atoms with Crippen LogP contribution in [0.25, 0.3) is 0 Å². The molecule has 0 aliphatic heterocycles. The first kappa shape index (κ1) is 19.6. The number of amides is 1. The number of aliphatic imine (C=N–C) groups is 1. The fourth-order valence-electron chi connectivity index (χ4n) is 2.20. The van der Waals surface area contributed by atoms with E-state index < -0.39 is 0 Å². The molecule has 2 aromatic rings. The van der Waals surface area contributed by atoms with E-state index in [0.29, 0.717) is 36.2 Å². The summed E-state index contributed by atoms with van der Waals surface area (Å²) in [5.41, 5.74) is 1.45. The summed E-state index contributed by atoms with van der Waals surface area (Å²) in [4.78, 5) is 16.5. The Labute approximate surface area is 158 Å². The van der Waals surface area contributed by atoms with Crippen LogP contribution in [0.4, 0.5) is 0 Å². The number of nitrogens with zero attached hydrogens (tertiary/aromatic N) is 1. The van der Waals surface area contributed by atoms with Crippen LogP contribution in [0.2, 0.25) is 5.02 Å². The first-order valence-corrected chi connectivity index (χ1v) is 8.80. The highest BCUT2D eigenvalue weighted by Crippen LogP contribution is 2.15. The number of guanidine groups is 1. The quantitative estimate of drug-likeness (QED) is 0.341. The lowest BCUT2D eigenvalue weighted by Gasteiger charge is -2.12. The molecule has 2 rings (SSSR count). The van der Waals surface area contributed by atoms with Gasteiger partial charge in [0, 0.05) is 30.2 Å². The highest BCUT2D eigenvalue weighted by molar-refractivity contribution is 6.31. The molecule has 4 N–H and O–H groups in total. The average Bonchev–Trinajstić information content (AvgIpc) is 2.64. The molecule has 0 aromatic heterocycles. The highest BCUT2D eigenvalue weighted by atomic mass is 35.5. The van der Waals surface area contributed by atoms with Crippen molar-refractivity contribution in [3.63, 3.8) is 0 Å². The van der Waals surface area contributed by atoms with E-state index in [1.54, 1.807) is 12.1 Å². The molecule has 2 aromatic carbocycles. The summed E-state index contributed by atoms with van der Waals surface area (Å²) >= 11 is 6.14. The first-order valence-electron chi connectivity index (χ1n) is 8.43. The minimum atomic E-state index is -0.190. The first-order chi connectivity index (χ1) is 12.6. The molecule has 0 saturated heterocycles. The van der Waals surface area contributed by atoms with Gasteiger partial charge < -0.3 is 21.1 Å². The molecule has 0 fully saturated rings. The van der Waals surface area contributed by atoms with Crippen molar-refractivity contribution >= 4 is 23.5 Å². The van der Waals surface area contributed by atoms with Crippen LogP contribution in [-0.4, -0.2) is 36.6 Å². The maximum atomic E-state index is 12.0. The van der Waals surface area contributed by atoms with Gasteiger partial charge in [-0.1, -0.05) is 29.8 Å². The SMILES string of the molecule is CCNC(=NCc1ccccc1Cl)NCCNC(=O)c1ccc(O)cc1. The number of rotatable bonds is 7. The van der Waals surface area contributed by atoms with Crippen LogP contribution >= 0.6 is 11.6 Å². The second-order valence-corrected chi connectivity index (χ2v) is 5.92. The molecule has 0 bridgehead atoms. The Balaban J connectivity index is 1.80. The number of nitrogens with one attached hydrogen (secondary N) is 3. The van der Waals surface area contributed by atoms with Crippen molar-refractivity contribution < 1.29 is 9.90 Å². The maximum absolute atomic E-state index is 12.0. The van der Waals surface area contributed by atoms with Crippen LogP contribution < -0.4 is 16.0 Å². The van der Waals surface area contributed by atoms with E-state index in [0.717, 1.165) is 12.1 Å². The van der Waals surface area contributed by atoms with E-state index in [2.05, 4.69) is 20.9 Å². The number of aromatic hydroxyl groups is 1. The second kappa shape index (κ2) is 10.3. The van der Waals surface area contributed by atoms with Gasteiger partial charge in [-0.3, -0.25) is 4.79 Å². The van der Waals surface area contributed by atoms with Crippen molar-refractivity contribution in [1.29, 1.82) is 0 Å². The standard InChI is InChI=1S/C19H23ClN4O2/c1-2-21-19(24-13-15-5-3-4-6-17(15)20)23-12-11-22-18(26)14-7-9-16(25)10-8-14/h3-10,25H,2,11-13H2,1H3,(H,22,26)(H2,21,23,24). The lowest BCUT2D eigenvalue weighted by Crippen LogP contribution is -2.41. The zero-order valence-corrected chi connectivity index (χ0v) is 15.4. The van der Waals surface area contributed by atoms with Crippen LogP contribution in [0.15, 0.2) is 53.5 Å². The molecule has 0 spiro atoms. The minimum Gasteiger partial charge on any atom is -0.508 e. The number of carbonyl (C=O) groups is 1. The van der Waals surface area contributed by atoms with Gasteiger partial charge in [-0.05, 0) is 42.8 Å². The Kier molecular flexibility index (Phi) is 7.76. The number of hydrogen-bond acceptors (Lipinski definition) is 3. The third-order valence-corrected chi connectivity index (χ3v) is 3.91. The van der Waals surface area contributed by atoms with Gasteiger partial charge in [0.1, 0.15) is 5.75 Å². The summed E-state index contributed by atoms with van der Waals surface area (Å²) in [6.07, 6.45) is 0. The Bertz CT molecular complexity index is 747. The van der Waals surface area contributed by atoms with Crippen LogP contribution in [0.1, 0.15) is 22.8 Å². The van der Waals surface area contributed by atoms with Gasteiger partial charge >= 0.3 is 0 Å². The lowest BCUT2D eigenvalue weighted by atomic mass is 10.2. The monoisotopic (exact) mass is 374 g/mol. The number of halogens is 1. The van der Waals surface area contributed by atoms with Crippen molar-refractivity contribution in [1.82, 2.24) is 16.0 Å². The molecule has 0 unspecified atom stereocenters. The fraction of sp³-hybridized carbons (Fsp3) is 0.263. The van der Waals surface area contributed by atoms with Crippen molar-refractivity contribution in [2.75, 3.05) is 19.6 Å². The molecule has 0 saturated carbocycles. The molecule has 0 atom stereocenters. The lowest BCUT2D eigenvalue weighted by molar-refractivity contribution is 0.0954. The van der Waals surface area contributed by atoms with Crippen LogP contribution in [0, 0.1) is 0 Å². The maximum Gasteiger partial charge on any atom is 0.251 e. The highest BCUT2D eigenvalue weighted by Gasteiger charge is 2.05.